The number of quaternary nitrogens is 1. The fourth-order valence-corrected chi connectivity index (χ4v) is 4.68. The Hall–Kier alpha value is -0.0600. The first kappa shape index (κ1) is 17.3. The first-order valence-electron chi connectivity index (χ1n) is 6.71. The Morgan fingerprint density at radius 3 is 2.38 bits per heavy atom. The number of aliphatic hydroxyl groups is 1. The van der Waals surface area contributed by atoms with Crippen molar-refractivity contribution in [1.82, 2.24) is 0 Å². The monoisotopic (exact) mass is 480 g/mol. The highest BCUT2D eigenvalue weighted by atomic mass is 79.9. The molecule has 0 bridgehead atoms. The molecule has 2 rings (SSSR count). The zero-order valence-corrected chi connectivity index (χ0v) is 16.4. The maximum absolute atomic E-state index is 10.4. The van der Waals surface area contributed by atoms with Gasteiger partial charge in [0, 0.05) is 17.3 Å². The summed E-state index contributed by atoms with van der Waals surface area (Å²) in [6, 6.07) is 3.83. The zero-order valence-electron chi connectivity index (χ0n) is 11.7. The van der Waals surface area contributed by atoms with Crippen LogP contribution >= 0.6 is 47.8 Å². The third-order valence-corrected chi connectivity index (χ3v) is 5.14. The minimum atomic E-state index is -0.850. The van der Waals surface area contributed by atoms with Gasteiger partial charge in [-0.25, -0.2) is 0 Å². The summed E-state index contributed by atoms with van der Waals surface area (Å²) in [5.74, 6) is 6.62. The molecule has 0 aromatic heterocycles. The van der Waals surface area contributed by atoms with Crippen molar-refractivity contribution in [3.8, 4) is 17.6 Å². The summed E-state index contributed by atoms with van der Waals surface area (Å²) in [5.41, 5.74) is -0.850. The van der Waals surface area contributed by atoms with Crippen LogP contribution in [0.25, 0.3) is 0 Å². The molecule has 21 heavy (non-hydrogen) atoms. The lowest BCUT2D eigenvalue weighted by molar-refractivity contribution is -0.886. The summed E-state index contributed by atoms with van der Waals surface area (Å²) in [6.45, 7) is 2.16. The highest BCUT2D eigenvalue weighted by Crippen LogP contribution is 2.36. The second-order valence-electron chi connectivity index (χ2n) is 5.28. The standard InChI is InChI=1S/C15H16Br3NO2/c1-19-6-4-15(20,5-7-19)3-2-8-21-14-12(17)9-11(16)10-13(14)18/h9-10,20H,4-8H2,1H3/p+1. The summed E-state index contributed by atoms with van der Waals surface area (Å²) in [7, 11) is 2.14. The Kier molecular flexibility index (Phi) is 6.15. The fourth-order valence-electron chi connectivity index (χ4n) is 2.19. The lowest BCUT2D eigenvalue weighted by Crippen LogP contribution is -3.10. The number of hydrogen-bond donors (Lipinski definition) is 2. The summed E-state index contributed by atoms with van der Waals surface area (Å²) in [6.07, 6.45) is 1.44. The summed E-state index contributed by atoms with van der Waals surface area (Å²) >= 11 is 10.3. The number of rotatable bonds is 2. The van der Waals surface area contributed by atoms with E-state index in [1.54, 1.807) is 0 Å². The number of likely N-dealkylation sites (tertiary alicyclic amines) is 1. The Balaban J connectivity index is 1.95. The molecule has 1 fully saturated rings. The van der Waals surface area contributed by atoms with Gasteiger partial charge in [-0.2, -0.15) is 0 Å². The molecule has 6 heteroatoms. The maximum atomic E-state index is 10.4. The molecule has 0 aliphatic carbocycles. The predicted octanol–water partition coefficient (Wildman–Crippen LogP) is 2.40. The molecule has 1 aliphatic heterocycles. The van der Waals surface area contributed by atoms with E-state index in [2.05, 4.69) is 66.7 Å². The Morgan fingerprint density at radius 2 is 1.81 bits per heavy atom. The number of benzene rings is 1. The minimum Gasteiger partial charge on any atom is -0.479 e. The second-order valence-corrected chi connectivity index (χ2v) is 7.90. The lowest BCUT2D eigenvalue weighted by Gasteiger charge is -2.30. The normalized spacial score (nSPS) is 25.1. The van der Waals surface area contributed by atoms with Crippen molar-refractivity contribution in [2.75, 3.05) is 26.7 Å². The average molecular weight is 483 g/mol. The Morgan fingerprint density at radius 1 is 1.24 bits per heavy atom. The smallest absolute Gasteiger partial charge is 0.149 e. The van der Waals surface area contributed by atoms with Crippen molar-refractivity contribution in [3.63, 3.8) is 0 Å². The van der Waals surface area contributed by atoms with E-state index in [1.807, 2.05) is 12.1 Å². The molecule has 0 spiro atoms. The van der Waals surface area contributed by atoms with Crippen LogP contribution in [0.5, 0.6) is 5.75 Å². The molecule has 114 valence electrons. The number of piperidine rings is 1. The first-order valence-corrected chi connectivity index (χ1v) is 9.08. The number of ether oxygens (including phenoxy) is 1. The molecule has 1 aromatic rings. The van der Waals surface area contributed by atoms with Crippen molar-refractivity contribution in [2.45, 2.75) is 18.4 Å². The number of halogens is 3. The predicted molar refractivity (Wildman–Crippen MR) is 93.6 cm³/mol. The quantitative estimate of drug-likeness (QED) is 0.635. The van der Waals surface area contributed by atoms with Crippen molar-refractivity contribution < 1.29 is 14.7 Å². The molecule has 0 atom stereocenters. The summed E-state index contributed by atoms with van der Waals surface area (Å²) < 4.78 is 8.34. The third-order valence-electron chi connectivity index (χ3n) is 3.50. The van der Waals surface area contributed by atoms with Crippen LogP contribution in [0, 0.1) is 11.8 Å². The van der Waals surface area contributed by atoms with Crippen LogP contribution in [0.2, 0.25) is 0 Å². The Labute approximate surface area is 150 Å². The van der Waals surface area contributed by atoms with Gasteiger partial charge in [0.15, 0.2) is 0 Å². The van der Waals surface area contributed by atoms with Crippen molar-refractivity contribution >= 4 is 47.8 Å². The van der Waals surface area contributed by atoms with E-state index >= 15 is 0 Å². The summed E-state index contributed by atoms with van der Waals surface area (Å²) in [4.78, 5) is 1.44. The van der Waals surface area contributed by atoms with E-state index in [4.69, 9.17) is 4.74 Å². The third kappa shape index (κ3) is 4.97. The molecule has 0 saturated carbocycles. The molecule has 1 aromatic carbocycles. The number of nitrogens with one attached hydrogen (secondary N) is 1. The maximum Gasteiger partial charge on any atom is 0.149 e. The van der Waals surface area contributed by atoms with Gasteiger partial charge in [0.05, 0.1) is 29.1 Å². The molecule has 0 radical (unpaired) electrons. The van der Waals surface area contributed by atoms with Crippen LogP contribution in [0.3, 0.4) is 0 Å². The van der Waals surface area contributed by atoms with Crippen LogP contribution in [-0.2, 0) is 0 Å². The largest absolute Gasteiger partial charge is 0.479 e. The second kappa shape index (κ2) is 7.47. The first-order chi connectivity index (χ1) is 9.89. The van der Waals surface area contributed by atoms with Crippen LogP contribution in [0.1, 0.15) is 12.8 Å². The zero-order chi connectivity index (χ0) is 15.5. The van der Waals surface area contributed by atoms with Crippen molar-refractivity contribution in [1.29, 1.82) is 0 Å². The topological polar surface area (TPSA) is 33.9 Å². The van der Waals surface area contributed by atoms with Crippen LogP contribution < -0.4 is 9.64 Å². The van der Waals surface area contributed by atoms with E-state index in [0.29, 0.717) is 5.75 Å². The highest BCUT2D eigenvalue weighted by molar-refractivity contribution is 9.11. The van der Waals surface area contributed by atoms with Gasteiger partial charge in [-0.05, 0) is 44.0 Å². The van der Waals surface area contributed by atoms with E-state index in [-0.39, 0.29) is 6.61 Å². The van der Waals surface area contributed by atoms with Gasteiger partial charge in [0.25, 0.3) is 0 Å². The molecule has 1 aliphatic rings. The van der Waals surface area contributed by atoms with Gasteiger partial charge in [0.1, 0.15) is 18.0 Å². The van der Waals surface area contributed by atoms with Gasteiger partial charge in [-0.3, -0.25) is 0 Å². The van der Waals surface area contributed by atoms with Crippen LogP contribution in [0.15, 0.2) is 25.6 Å². The van der Waals surface area contributed by atoms with Crippen molar-refractivity contribution in [3.05, 3.63) is 25.6 Å². The minimum absolute atomic E-state index is 0.254. The van der Waals surface area contributed by atoms with Crippen LogP contribution in [0.4, 0.5) is 0 Å². The van der Waals surface area contributed by atoms with Gasteiger partial charge >= 0.3 is 0 Å². The van der Waals surface area contributed by atoms with E-state index in [9.17, 15) is 5.11 Å². The van der Waals surface area contributed by atoms with Gasteiger partial charge < -0.3 is 14.7 Å². The van der Waals surface area contributed by atoms with Crippen LogP contribution in [-0.4, -0.2) is 37.5 Å². The van der Waals surface area contributed by atoms with Gasteiger partial charge in [0.2, 0.25) is 0 Å². The molecular formula is C15H17Br3NO2+. The summed E-state index contributed by atoms with van der Waals surface area (Å²) in [5, 5.41) is 10.4. The van der Waals surface area contributed by atoms with Gasteiger partial charge in [-0.15, -0.1) is 0 Å². The molecule has 2 N–H and O–H groups in total. The number of hydrogen-bond acceptors (Lipinski definition) is 2. The van der Waals surface area contributed by atoms with E-state index in [1.165, 1.54) is 4.90 Å². The van der Waals surface area contributed by atoms with E-state index in [0.717, 1.165) is 39.3 Å². The van der Waals surface area contributed by atoms with Gasteiger partial charge in [-0.1, -0.05) is 27.8 Å². The molecular weight excluding hydrogens is 466 g/mol. The molecule has 0 amide bonds. The molecule has 1 saturated heterocycles. The SMILES string of the molecule is C[NH+]1CCC(O)(C#CCOc2c(Br)cc(Br)cc2Br)CC1. The lowest BCUT2D eigenvalue weighted by atomic mass is 9.92. The molecule has 1 heterocycles. The fraction of sp³-hybridized carbons (Fsp3) is 0.467. The van der Waals surface area contributed by atoms with Crippen molar-refractivity contribution in [2.24, 2.45) is 0 Å². The average Bonchev–Trinajstić information content (AvgIpc) is 2.41. The highest BCUT2D eigenvalue weighted by Gasteiger charge is 2.31. The molecule has 3 nitrogen and oxygen atoms in total. The Bertz CT molecular complexity index is 549. The van der Waals surface area contributed by atoms with E-state index < -0.39 is 5.60 Å². The molecule has 0 unspecified atom stereocenters.